The molecule has 0 amide bonds. The van der Waals surface area contributed by atoms with E-state index in [0.29, 0.717) is 0 Å². The summed E-state index contributed by atoms with van der Waals surface area (Å²) >= 11 is 0. The minimum atomic E-state index is 0.857. The topological polar surface area (TPSA) is 26.0 Å². The third-order valence-electron chi connectivity index (χ3n) is 9.99. The molecular weight excluding hydrogens is 597 g/mol. The van der Waals surface area contributed by atoms with Crippen molar-refractivity contribution in [1.82, 2.24) is 14.1 Å². The van der Waals surface area contributed by atoms with Crippen molar-refractivity contribution in [3.05, 3.63) is 170 Å². The Labute approximate surface area is 284 Å². The molecular formula is C45H32N4. The third-order valence-corrected chi connectivity index (χ3v) is 9.99. The van der Waals surface area contributed by atoms with Gasteiger partial charge in [-0.3, -0.25) is 4.57 Å². The fraction of sp³-hybridized carbons (Fsp3) is 0.0444. The average molecular weight is 629 g/mol. The van der Waals surface area contributed by atoms with Crippen LogP contribution in [0.1, 0.15) is 12.7 Å². The van der Waals surface area contributed by atoms with Gasteiger partial charge < -0.3 is 9.47 Å². The Hall–Kier alpha value is -6.39. The molecule has 0 saturated heterocycles. The van der Waals surface area contributed by atoms with Gasteiger partial charge in [0.25, 0.3) is 0 Å². The van der Waals surface area contributed by atoms with Gasteiger partial charge in [0.1, 0.15) is 5.82 Å². The lowest BCUT2D eigenvalue weighted by molar-refractivity contribution is 0.908. The van der Waals surface area contributed by atoms with Crippen LogP contribution in [-0.2, 0) is 6.42 Å². The van der Waals surface area contributed by atoms with Gasteiger partial charge in [0.2, 0.25) is 0 Å². The van der Waals surface area contributed by atoms with Gasteiger partial charge in [0.05, 0.1) is 33.6 Å². The first-order chi connectivity index (χ1) is 24.3. The molecule has 0 unspecified atom stereocenters. The van der Waals surface area contributed by atoms with Crippen molar-refractivity contribution in [3.8, 4) is 33.8 Å². The molecule has 1 aliphatic heterocycles. The van der Waals surface area contributed by atoms with Crippen LogP contribution in [0.5, 0.6) is 0 Å². The van der Waals surface area contributed by atoms with E-state index in [2.05, 4.69) is 185 Å². The van der Waals surface area contributed by atoms with Crippen LogP contribution in [0, 0.1) is 0 Å². The molecule has 0 N–H and O–H groups in total. The minimum absolute atomic E-state index is 0.857. The first kappa shape index (κ1) is 27.7. The second-order valence-electron chi connectivity index (χ2n) is 12.7. The maximum atomic E-state index is 4.93. The monoisotopic (exact) mass is 628 g/mol. The summed E-state index contributed by atoms with van der Waals surface area (Å²) in [6.45, 7) is 2.17. The van der Waals surface area contributed by atoms with Crippen LogP contribution in [0.25, 0.3) is 66.5 Å². The predicted molar refractivity (Wildman–Crippen MR) is 204 cm³/mol. The third kappa shape index (κ3) is 4.14. The molecule has 0 fully saturated rings. The second kappa shape index (κ2) is 10.8. The van der Waals surface area contributed by atoms with E-state index in [1.165, 1.54) is 44.1 Å². The molecule has 7 aromatic carbocycles. The SMILES string of the molecule is CCc1nc2ccccc2n1-c1ccc(N2c3ccccc3-c3c(n(-c4ccc5ccccc5c4)c4ccccc34)-c3ccccc32)cc1. The molecule has 0 radical (unpaired) electrons. The Morgan fingerprint density at radius 3 is 1.92 bits per heavy atom. The number of para-hydroxylation sites is 5. The van der Waals surface area contributed by atoms with Gasteiger partial charge in [-0.1, -0.05) is 104 Å². The van der Waals surface area contributed by atoms with E-state index < -0.39 is 0 Å². The Kier molecular flexibility index (Phi) is 6.12. The van der Waals surface area contributed by atoms with Crippen LogP contribution >= 0.6 is 0 Å². The lowest BCUT2D eigenvalue weighted by atomic mass is 9.98. The van der Waals surface area contributed by atoms with Gasteiger partial charge in [-0.25, -0.2) is 4.98 Å². The molecule has 0 spiro atoms. The van der Waals surface area contributed by atoms with Crippen molar-refractivity contribution in [3.63, 3.8) is 0 Å². The van der Waals surface area contributed by atoms with E-state index in [-0.39, 0.29) is 0 Å². The molecule has 2 aromatic heterocycles. The zero-order chi connectivity index (χ0) is 32.5. The fourth-order valence-electron chi connectivity index (χ4n) is 7.86. The molecule has 232 valence electrons. The number of aromatic nitrogens is 3. The lowest BCUT2D eigenvalue weighted by Crippen LogP contribution is -2.11. The van der Waals surface area contributed by atoms with Crippen LogP contribution in [0.15, 0.2) is 164 Å². The Balaban J connectivity index is 1.22. The van der Waals surface area contributed by atoms with E-state index in [4.69, 9.17) is 4.98 Å². The van der Waals surface area contributed by atoms with Crippen LogP contribution in [0.2, 0.25) is 0 Å². The highest BCUT2D eigenvalue weighted by atomic mass is 15.2. The number of nitrogens with zero attached hydrogens (tertiary/aromatic N) is 4. The Bertz CT molecular complexity index is 2710. The smallest absolute Gasteiger partial charge is 0.114 e. The zero-order valence-corrected chi connectivity index (χ0v) is 27.1. The van der Waals surface area contributed by atoms with Gasteiger partial charge in [0.15, 0.2) is 0 Å². The molecule has 0 saturated carbocycles. The quantitative estimate of drug-likeness (QED) is 0.194. The maximum absolute atomic E-state index is 4.93. The molecule has 0 bridgehead atoms. The number of rotatable bonds is 4. The van der Waals surface area contributed by atoms with Gasteiger partial charge in [-0.05, 0) is 77.5 Å². The number of imidazole rings is 1. The van der Waals surface area contributed by atoms with Crippen LogP contribution in [0.4, 0.5) is 17.1 Å². The van der Waals surface area contributed by atoms with Crippen LogP contribution in [0.3, 0.4) is 0 Å². The summed E-state index contributed by atoms with van der Waals surface area (Å²) in [5.41, 5.74) is 13.9. The molecule has 10 rings (SSSR count). The summed E-state index contributed by atoms with van der Waals surface area (Å²) in [5, 5.41) is 3.71. The number of aryl methyl sites for hydroxylation is 1. The van der Waals surface area contributed by atoms with Gasteiger partial charge in [-0.2, -0.15) is 0 Å². The molecule has 0 atom stereocenters. The number of fused-ring (bicyclic) bond motifs is 9. The van der Waals surface area contributed by atoms with Crippen molar-refractivity contribution in [1.29, 1.82) is 0 Å². The maximum Gasteiger partial charge on any atom is 0.114 e. The summed E-state index contributed by atoms with van der Waals surface area (Å²) in [5.74, 6) is 1.06. The van der Waals surface area contributed by atoms with E-state index >= 15 is 0 Å². The van der Waals surface area contributed by atoms with Crippen molar-refractivity contribution in [2.24, 2.45) is 0 Å². The summed E-state index contributed by atoms with van der Waals surface area (Å²) in [4.78, 5) is 7.36. The Morgan fingerprint density at radius 2 is 1.10 bits per heavy atom. The standard InChI is InChI=1S/C45H32N4/c1-2-43-46-38-18-8-12-22-42(38)48(43)33-27-25-32(26-28-33)47-39-19-9-5-15-35(39)44-36-16-6-10-20-40(36)49(45(44)37-17-7-11-21-41(37)47)34-24-23-30-13-3-4-14-31(30)29-34/h3-29H,2H2,1H3. The highest BCUT2D eigenvalue weighted by molar-refractivity contribution is 6.13. The molecule has 4 heteroatoms. The van der Waals surface area contributed by atoms with Gasteiger partial charge in [0, 0.05) is 45.6 Å². The lowest BCUT2D eigenvalue weighted by Gasteiger charge is -2.28. The minimum Gasteiger partial charge on any atom is -0.309 e. The molecule has 49 heavy (non-hydrogen) atoms. The van der Waals surface area contributed by atoms with Crippen molar-refractivity contribution >= 4 is 49.8 Å². The zero-order valence-electron chi connectivity index (χ0n) is 27.1. The molecule has 4 nitrogen and oxygen atoms in total. The number of benzene rings is 7. The van der Waals surface area contributed by atoms with Crippen LogP contribution < -0.4 is 4.90 Å². The number of anilines is 3. The predicted octanol–water partition coefficient (Wildman–Crippen LogP) is 11.8. The highest BCUT2D eigenvalue weighted by Gasteiger charge is 2.31. The summed E-state index contributed by atoms with van der Waals surface area (Å²) < 4.78 is 4.76. The largest absolute Gasteiger partial charge is 0.309 e. The highest BCUT2D eigenvalue weighted by Crippen LogP contribution is 2.54. The summed E-state index contributed by atoms with van der Waals surface area (Å²) in [7, 11) is 0. The molecule has 0 aliphatic carbocycles. The Morgan fingerprint density at radius 1 is 0.490 bits per heavy atom. The second-order valence-corrected chi connectivity index (χ2v) is 12.7. The van der Waals surface area contributed by atoms with Crippen molar-refractivity contribution in [2.75, 3.05) is 4.90 Å². The van der Waals surface area contributed by atoms with Gasteiger partial charge >= 0.3 is 0 Å². The first-order valence-electron chi connectivity index (χ1n) is 17.0. The number of hydrogen-bond donors (Lipinski definition) is 0. The van der Waals surface area contributed by atoms with Crippen molar-refractivity contribution in [2.45, 2.75) is 13.3 Å². The van der Waals surface area contributed by atoms with E-state index in [1.54, 1.807) is 0 Å². The normalized spacial score (nSPS) is 12.2. The van der Waals surface area contributed by atoms with Gasteiger partial charge in [-0.15, -0.1) is 0 Å². The molecule has 3 heterocycles. The van der Waals surface area contributed by atoms with Crippen LogP contribution in [-0.4, -0.2) is 14.1 Å². The summed E-state index contributed by atoms with van der Waals surface area (Å²) in [6, 6.07) is 59.4. The van der Waals surface area contributed by atoms with E-state index in [9.17, 15) is 0 Å². The fourth-order valence-corrected chi connectivity index (χ4v) is 7.86. The average Bonchev–Trinajstić information content (AvgIpc) is 3.68. The number of hydrogen-bond acceptors (Lipinski definition) is 2. The molecule has 9 aromatic rings. The first-order valence-corrected chi connectivity index (χ1v) is 17.0. The summed E-state index contributed by atoms with van der Waals surface area (Å²) in [6.07, 6.45) is 0.857. The van der Waals surface area contributed by atoms with Crippen molar-refractivity contribution < 1.29 is 0 Å². The van der Waals surface area contributed by atoms with E-state index in [1.807, 2.05) is 0 Å². The molecule has 1 aliphatic rings. The van der Waals surface area contributed by atoms with E-state index in [0.717, 1.165) is 51.7 Å².